The molecule has 21 heavy (non-hydrogen) atoms. The molecule has 8 atom stereocenters. The molecular formula is C19H26O2. The van der Waals surface area contributed by atoms with E-state index in [9.17, 15) is 9.90 Å². The first-order chi connectivity index (χ1) is 9.96. The van der Waals surface area contributed by atoms with Crippen molar-refractivity contribution in [3.05, 3.63) is 11.6 Å². The number of carbonyl (C=O) groups excluding carboxylic acids is 1. The Kier molecular flexibility index (Phi) is 2.23. The molecule has 1 N–H and O–H groups in total. The van der Waals surface area contributed by atoms with Gasteiger partial charge in [0.1, 0.15) is 0 Å². The quantitative estimate of drug-likeness (QED) is 0.741. The van der Waals surface area contributed by atoms with Gasteiger partial charge < -0.3 is 5.11 Å². The minimum absolute atomic E-state index is 0.0874. The third-order valence-electron chi connectivity index (χ3n) is 8.74. The summed E-state index contributed by atoms with van der Waals surface area (Å²) in [4.78, 5) is 12.0. The van der Waals surface area contributed by atoms with Crippen molar-refractivity contribution in [1.82, 2.24) is 0 Å². The topological polar surface area (TPSA) is 37.3 Å². The summed E-state index contributed by atoms with van der Waals surface area (Å²) < 4.78 is 0. The second kappa shape index (κ2) is 3.64. The van der Waals surface area contributed by atoms with Crippen molar-refractivity contribution >= 4 is 5.78 Å². The molecule has 0 aromatic carbocycles. The molecule has 0 spiro atoms. The van der Waals surface area contributed by atoms with E-state index in [1.54, 1.807) is 0 Å². The maximum Gasteiger partial charge on any atom is 0.155 e. The summed E-state index contributed by atoms with van der Waals surface area (Å²) in [6.45, 7) is 4.81. The first-order valence-corrected chi connectivity index (χ1v) is 8.88. The first kappa shape index (κ1) is 12.9. The summed E-state index contributed by atoms with van der Waals surface area (Å²) in [7, 11) is 0. The van der Waals surface area contributed by atoms with Gasteiger partial charge in [-0.05, 0) is 78.6 Å². The van der Waals surface area contributed by atoms with Gasteiger partial charge in [0, 0.05) is 6.42 Å². The summed E-state index contributed by atoms with van der Waals surface area (Å²) in [5.41, 5.74) is 1.96. The highest BCUT2D eigenvalue weighted by atomic mass is 16.3. The van der Waals surface area contributed by atoms with Gasteiger partial charge >= 0.3 is 0 Å². The van der Waals surface area contributed by atoms with Gasteiger partial charge in [-0.1, -0.05) is 19.4 Å². The molecule has 5 rings (SSSR count). The Labute approximate surface area is 127 Å². The van der Waals surface area contributed by atoms with Crippen LogP contribution in [0.15, 0.2) is 11.6 Å². The predicted molar refractivity (Wildman–Crippen MR) is 80.5 cm³/mol. The van der Waals surface area contributed by atoms with Crippen LogP contribution in [-0.2, 0) is 4.79 Å². The van der Waals surface area contributed by atoms with E-state index in [0.717, 1.165) is 30.6 Å². The third kappa shape index (κ3) is 1.25. The molecule has 0 heterocycles. The van der Waals surface area contributed by atoms with Crippen LogP contribution in [0.1, 0.15) is 52.4 Å². The highest BCUT2D eigenvalue weighted by Gasteiger charge is 2.70. The van der Waals surface area contributed by atoms with Crippen LogP contribution in [0.4, 0.5) is 0 Å². The van der Waals surface area contributed by atoms with Crippen molar-refractivity contribution in [3.63, 3.8) is 0 Å². The molecule has 4 bridgehead atoms. The number of aliphatic hydroxyl groups is 1. The molecule has 0 aromatic rings. The van der Waals surface area contributed by atoms with Crippen LogP contribution in [0.2, 0.25) is 0 Å². The zero-order valence-corrected chi connectivity index (χ0v) is 13.1. The minimum Gasteiger partial charge on any atom is -0.393 e. The van der Waals surface area contributed by atoms with Gasteiger partial charge in [-0.2, -0.15) is 0 Å². The zero-order valence-electron chi connectivity index (χ0n) is 13.1. The summed E-state index contributed by atoms with van der Waals surface area (Å²) >= 11 is 0. The van der Waals surface area contributed by atoms with Gasteiger partial charge in [0.15, 0.2) is 5.78 Å². The first-order valence-electron chi connectivity index (χ1n) is 8.88. The van der Waals surface area contributed by atoms with E-state index in [0.29, 0.717) is 23.0 Å². The Balaban J connectivity index is 1.60. The molecule has 5 aliphatic rings. The van der Waals surface area contributed by atoms with Crippen LogP contribution in [0.25, 0.3) is 0 Å². The molecule has 0 saturated heterocycles. The summed E-state index contributed by atoms with van der Waals surface area (Å²) in [6, 6.07) is 0. The molecular weight excluding hydrogens is 260 g/mol. The Hall–Kier alpha value is -0.630. The molecule has 0 aliphatic heterocycles. The molecule has 5 aliphatic carbocycles. The fraction of sp³-hybridized carbons (Fsp3) is 0.842. The number of aliphatic hydroxyl groups excluding tert-OH is 1. The lowest BCUT2D eigenvalue weighted by Gasteiger charge is -2.52. The number of allylic oxidation sites excluding steroid dienone is 1. The standard InChI is InChI=1S/C19H26O2/c1-18-6-5-14-17(13(18)3-4-16(18)21)12-8-10-7-11(20)9-15(12)19(10,14)2/h7,12-17,21H,3-6,8-9H2,1-2H3/t12?,13-,14-,15?,16-,17-,18-,19-/m0/s1. The Bertz CT molecular complexity index is 564. The highest BCUT2D eigenvalue weighted by Crippen LogP contribution is 2.75. The average Bonchev–Trinajstić information content (AvgIpc) is 2.90. The Morgan fingerprint density at radius 2 is 1.90 bits per heavy atom. The molecule has 4 fully saturated rings. The normalized spacial score (nSPS) is 60.7. The van der Waals surface area contributed by atoms with Gasteiger partial charge in [-0.15, -0.1) is 0 Å². The van der Waals surface area contributed by atoms with Crippen LogP contribution < -0.4 is 0 Å². The van der Waals surface area contributed by atoms with Crippen molar-refractivity contribution in [1.29, 1.82) is 0 Å². The third-order valence-corrected chi connectivity index (χ3v) is 8.74. The largest absolute Gasteiger partial charge is 0.393 e. The number of hydrogen-bond donors (Lipinski definition) is 1. The van der Waals surface area contributed by atoms with E-state index in [-0.39, 0.29) is 11.5 Å². The molecule has 0 aromatic heterocycles. The fourth-order valence-corrected chi connectivity index (χ4v) is 7.73. The van der Waals surface area contributed by atoms with Crippen molar-refractivity contribution in [3.8, 4) is 0 Å². The van der Waals surface area contributed by atoms with Gasteiger partial charge in [-0.3, -0.25) is 4.79 Å². The Morgan fingerprint density at radius 1 is 1.10 bits per heavy atom. The molecule has 2 unspecified atom stereocenters. The maximum absolute atomic E-state index is 12.0. The maximum atomic E-state index is 12.0. The van der Waals surface area contributed by atoms with Crippen LogP contribution in [0.5, 0.6) is 0 Å². The number of hydrogen-bond acceptors (Lipinski definition) is 2. The van der Waals surface area contributed by atoms with Gasteiger partial charge in [0.25, 0.3) is 0 Å². The predicted octanol–water partition coefficient (Wildman–Crippen LogP) is 3.35. The number of ketones is 1. The number of carbonyl (C=O) groups is 1. The average molecular weight is 286 g/mol. The van der Waals surface area contributed by atoms with Crippen molar-refractivity contribution in [2.45, 2.75) is 58.5 Å². The van der Waals surface area contributed by atoms with Gasteiger partial charge in [-0.25, -0.2) is 0 Å². The van der Waals surface area contributed by atoms with E-state index in [1.807, 2.05) is 6.08 Å². The van der Waals surface area contributed by atoms with E-state index in [4.69, 9.17) is 0 Å². The van der Waals surface area contributed by atoms with Crippen molar-refractivity contribution in [2.75, 3.05) is 0 Å². The number of rotatable bonds is 0. The molecule has 2 nitrogen and oxygen atoms in total. The van der Waals surface area contributed by atoms with Crippen LogP contribution in [-0.4, -0.2) is 17.0 Å². The molecule has 2 heteroatoms. The lowest BCUT2D eigenvalue weighted by Crippen LogP contribution is -2.47. The number of fused-ring (bicyclic) bond motifs is 4. The second-order valence-electron chi connectivity index (χ2n) is 9.03. The van der Waals surface area contributed by atoms with Crippen LogP contribution in [0.3, 0.4) is 0 Å². The summed E-state index contributed by atoms with van der Waals surface area (Å²) in [6.07, 6.45) is 8.56. The molecule has 0 amide bonds. The fourth-order valence-electron chi connectivity index (χ4n) is 7.73. The Morgan fingerprint density at radius 3 is 2.71 bits per heavy atom. The minimum atomic E-state index is -0.0874. The van der Waals surface area contributed by atoms with E-state index < -0.39 is 0 Å². The van der Waals surface area contributed by atoms with Crippen molar-refractivity contribution < 1.29 is 9.90 Å². The van der Waals surface area contributed by atoms with E-state index >= 15 is 0 Å². The lowest BCUT2D eigenvalue weighted by atomic mass is 9.53. The molecule has 114 valence electrons. The van der Waals surface area contributed by atoms with Crippen molar-refractivity contribution in [2.24, 2.45) is 40.4 Å². The van der Waals surface area contributed by atoms with Crippen LogP contribution in [0, 0.1) is 40.4 Å². The monoisotopic (exact) mass is 286 g/mol. The lowest BCUT2D eigenvalue weighted by molar-refractivity contribution is -0.116. The smallest absolute Gasteiger partial charge is 0.155 e. The van der Waals surface area contributed by atoms with Crippen LogP contribution >= 0.6 is 0 Å². The van der Waals surface area contributed by atoms with E-state index in [1.165, 1.54) is 31.3 Å². The zero-order chi connectivity index (χ0) is 14.6. The summed E-state index contributed by atoms with van der Waals surface area (Å²) in [5, 5.41) is 10.5. The molecule has 0 radical (unpaired) electrons. The SMILES string of the molecule is C[C@]12CC[C@H]3[C@@H](C4CC5=CC(=O)CC4[C@@]53C)[C@@H]1CC[C@@H]2O. The highest BCUT2D eigenvalue weighted by molar-refractivity contribution is 5.92. The van der Waals surface area contributed by atoms with Gasteiger partial charge in [0.2, 0.25) is 0 Å². The summed E-state index contributed by atoms with van der Waals surface area (Å²) in [5.74, 6) is 3.98. The second-order valence-corrected chi connectivity index (χ2v) is 9.03. The van der Waals surface area contributed by atoms with Gasteiger partial charge in [0.05, 0.1) is 6.10 Å². The molecule has 4 saturated carbocycles. The van der Waals surface area contributed by atoms with E-state index in [2.05, 4.69) is 13.8 Å².